The first-order valence-electron chi connectivity index (χ1n) is 9.01. The van der Waals surface area contributed by atoms with Crippen LogP contribution in [0.15, 0.2) is 53.4 Å². The average Bonchev–Trinajstić information content (AvgIpc) is 2.62. The van der Waals surface area contributed by atoms with E-state index in [0.717, 1.165) is 16.8 Å². The van der Waals surface area contributed by atoms with Crippen LogP contribution in [0.1, 0.15) is 11.1 Å². The van der Waals surface area contributed by atoms with Gasteiger partial charge in [-0.25, -0.2) is 8.42 Å². The van der Waals surface area contributed by atoms with Crippen LogP contribution in [0.3, 0.4) is 0 Å². The lowest BCUT2D eigenvalue weighted by Crippen LogP contribution is -2.50. The minimum absolute atomic E-state index is 0.0908. The highest BCUT2D eigenvalue weighted by Crippen LogP contribution is 2.22. The third-order valence-corrected chi connectivity index (χ3v) is 6.76. The van der Waals surface area contributed by atoms with Crippen LogP contribution in [0.25, 0.3) is 0 Å². The molecule has 0 radical (unpaired) electrons. The Bertz CT molecular complexity index is 905. The summed E-state index contributed by atoms with van der Waals surface area (Å²) >= 11 is 0. The van der Waals surface area contributed by atoms with E-state index < -0.39 is 10.0 Å². The third-order valence-electron chi connectivity index (χ3n) is 4.70. The van der Waals surface area contributed by atoms with Crippen molar-refractivity contribution in [2.24, 2.45) is 0 Å². The number of hydrogen-bond acceptors (Lipinski definition) is 4. The van der Waals surface area contributed by atoms with Gasteiger partial charge in [0.1, 0.15) is 0 Å². The minimum atomic E-state index is -3.50. The fourth-order valence-corrected chi connectivity index (χ4v) is 4.91. The quantitative estimate of drug-likeness (QED) is 0.854. The Kier molecular flexibility index (Phi) is 5.94. The van der Waals surface area contributed by atoms with Crippen molar-refractivity contribution in [3.63, 3.8) is 0 Å². The largest absolute Gasteiger partial charge is 0.325 e. The third kappa shape index (κ3) is 4.74. The minimum Gasteiger partial charge on any atom is -0.325 e. The molecular formula is C20H25N3O3S. The van der Waals surface area contributed by atoms with Gasteiger partial charge in [0, 0.05) is 31.9 Å². The van der Waals surface area contributed by atoms with Crippen LogP contribution in [0.5, 0.6) is 0 Å². The Morgan fingerprint density at radius 3 is 2.30 bits per heavy atom. The highest BCUT2D eigenvalue weighted by atomic mass is 32.2. The number of nitrogens with one attached hydrogen (secondary N) is 1. The summed E-state index contributed by atoms with van der Waals surface area (Å²) in [5, 5.41) is 2.86. The molecule has 0 unspecified atom stereocenters. The van der Waals surface area contributed by atoms with Crippen LogP contribution < -0.4 is 5.32 Å². The summed E-state index contributed by atoms with van der Waals surface area (Å²) in [4.78, 5) is 14.5. The Labute approximate surface area is 160 Å². The maximum Gasteiger partial charge on any atom is 0.243 e. The second-order valence-electron chi connectivity index (χ2n) is 6.86. The maximum atomic E-state index is 12.9. The summed E-state index contributed by atoms with van der Waals surface area (Å²) in [5.41, 5.74) is 2.57. The first-order valence-corrected chi connectivity index (χ1v) is 10.4. The second kappa shape index (κ2) is 8.21. The molecule has 6 nitrogen and oxygen atoms in total. The van der Waals surface area contributed by atoms with Crippen molar-refractivity contribution in [2.45, 2.75) is 18.7 Å². The van der Waals surface area contributed by atoms with Crippen molar-refractivity contribution in [1.82, 2.24) is 9.21 Å². The smallest absolute Gasteiger partial charge is 0.243 e. The Balaban J connectivity index is 1.57. The van der Waals surface area contributed by atoms with Crippen molar-refractivity contribution < 1.29 is 13.2 Å². The van der Waals surface area contributed by atoms with E-state index in [1.54, 1.807) is 6.07 Å². The van der Waals surface area contributed by atoms with Crippen LogP contribution in [-0.4, -0.2) is 56.3 Å². The summed E-state index contributed by atoms with van der Waals surface area (Å²) in [7, 11) is -3.50. The highest BCUT2D eigenvalue weighted by molar-refractivity contribution is 7.89. The number of hydrogen-bond donors (Lipinski definition) is 1. The molecule has 0 bridgehead atoms. The van der Waals surface area contributed by atoms with E-state index in [-0.39, 0.29) is 12.5 Å². The summed E-state index contributed by atoms with van der Waals surface area (Å²) < 4.78 is 27.3. The van der Waals surface area contributed by atoms with E-state index in [1.165, 1.54) is 4.31 Å². The van der Waals surface area contributed by atoms with Crippen LogP contribution in [0.2, 0.25) is 0 Å². The number of benzene rings is 2. The van der Waals surface area contributed by atoms with Crippen molar-refractivity contribution in [3.05, 3.63) is 59.7 Å². The molecule has 1 N–H and O–H groups in total. The Morgan fingerprint density at radius 2 is 1.67 bits per heavy atom. The fraction of sp³-hybridized carbons (Fsp3) is 0.350. The van der Waals surface area contributed by atoms with Crippen LogP contribution >= 0.6 is 0 Å². The molecule has 0 atom stereocenters. The average molecular weight is 388 g/mol. The standard InChI is InChI=1S/C20H25N3O3S/c1-16-8-9-19(17(2)14-16)27(25,26)23-12-10-22(11-13-23)15-20(24)21-18-6-4-3-5-7-18/h3-9,14H,10-13,15H2,1-2H3,(H,21,24). The number of sulfonamides is 1. The first kappa shape index (κ1) is 19.5. The summed E-state index contributed by atoms with van der Waals surface area (Å²) in [5.74, 6) is -0.0908. The molecule has 144 valence electrons. The van der Waals surface area contributed by atoms with E-state index in [0.29, 0.717) is 31.1 Å². The number of carbonyl (C=O) groups excluding carboxylic acids is 1. The van der Waals surface area contributed by atoms with E-state index in [4.69, 9.17) is 0 Å². The summed E-state index contributed by atoms with van der Waals surface area (Å²) in [6, 6.07) is 14.7. The molecule has 0 saturated carbocycles. The number of para-hydroxylation sites is 1. The molecular weight excluding hydrogens is 362 g/mol. The normalized spacial score (nSPS) is 16.2. The number of carbonyl (C=O) groups is 1. The summed E-state index contributed by atoms with van der Waals surface area (Å²) in [6.07, 6.45) is 0. The number of amides is 1. The van der Waals surface area contributed by atoms with Gasteiger partial charge >= 0.3 is 0 Å². The zero-order valence-electron chi connectivity index (χ0n) is 15.7. The molecule has 1 amide bonds. The molecule has 1 saturated heterocycles. The lowest BCUT2D eigenvalue weighted by atomic mass is 10.2. The van der Waals surface area contributed by atoms with Gasteiger partial charge in [-0.1, -0.05) is 35.9 Å². The molecule has 2 aromatic carbocycles. The summed E-state index contributed by atoms with van der Waals surface area (Å²) in [6.45, 7) is 5.86. The predicted molar refractivity (Wildman–Crippen MR) is 106 cm³/mol. The molecule has 7 heteroatoms. The second-order valence-corrected chi connectivity index (χ2v) is 8.77. The predicted octanol–water partition coefficient (Wildman–Crippen LogP) is 2.25. The van der Waals surface area contributed by atoms with Gasteiger partial charge in [0.2, 0.25) is 15.9 Å². The van der Waals surface area contributed by atoms with Gasteiger partial charge in [0.25, 0.3) is 0 Å². The van der Waals surface area contributed by atoms with Crippen LogP contribution in [-0.2, 0) is 14.8 Å². The van der Waals surface area contributed by atoms with E-state index in [2.05, 4.69) is 5.32 Å². The van der Waals surface area contributed by atoms with Gasteiger partial charge in [0.05, 0.1) is 11.4 Å². The van der Waals surface area contributed by atoms with Crippen molar-refractivity contribution in [1.29, 1.82) is 0 Å². The molecule has 3 rings (SSSR count). The van der Waals surface area contributed by atoms with E-state index in [9.17, 15) is 13.2 Å². The molecule has 0 aromatic heterocycles. The molecule has 27 heavy (non-hydrogen) atoms. The van der Waals surface area contributed by atoms with Crippen LogP contribution in [0.4, 0.5) is 5.69 Å². The van der Waals surface area contributed by atoms with Gasteiger partial charge in [-0.15, -0.1) is 0 Å². The number of piperazine rings is 1. The molecule has 2 aromatic rings. The van der Waals surface area contributed by atoms with Gasteiger partial charge in [-0.3, -0.25) is 9.69 Å². The van der Waals surface area contributed by atoms with Gasteiger partial charge in [-0.2, -0.15) is 4.31 Å². The van der Waals surface area contributed by atoms with E-state index >= 15 is 0 Å². The molecule has 0 spiro atoms. The number of anilines is 1. The van der Waals surface area contributed by atoms with Crippen molar-refractivity contribution >= 4 is 21.6 Å². The number of nitrogens with zero attached hydrogens (tertiary/aromatic N) is 2. The maximum absolute atomic E-state index is 12.9. The number of rotatable bonds is 5. The fourth-order valence-electron chi connectivity index (χ4n) is 3.28. The Hall–Kier alpha value is -2.22. The topological polar surface area (TPSA) is 69.7 Å². The van der Waals surface area contributed by atoms with E-state index in [1.807, 2.05) is 61.2 Å². The lowest BCUT2D eigenvalue weighted by molar-refractivity contribution is -0.117. The SMILES string of the molecule is Cc1ccc(S(=O)(=O)N2CCN(CC(=O)Nc3ccccc3)CC2)c(C)c1. The van der Waals surface area contributed by atoms with Gasteiger partial charge in [0.15, 0.2) is 0 Å². The molecule has 1 heterocycles. The van der Waals surface area contributed by atoms with Crippen molar-refractivity contribution in [2.75, 3.05) is 38.0 Å². The molecule has 1 aliphatic rings. The molecule has 1 fully saturated rings. The lowest BCUT2D eigenvalue weighted by Gasteiger charge is -2.33. The molecule has 0 aliphatic carbocycles. The zero-order valence-corrected chi connectivity index (χ0v) is 16.5. The van der Waals surface area contributed by atoms with Crippen molar-refractivity contribution in [3.8, 4) is 0 Å². The monoisotopic (exact) mass is 387 g/mol. The first-order chi connectivity index (χ1) is 12.9. The highest BCUT2D eigenvalue weighted by Gasteiger charge is 2.30. The molecule has 1 aliphatic heterocycles. The number of aryl methyl sites for hydroxylation is 2. The van der Waals surface area contributed by atoms with Gasteiger partial charge < -0.3 is 5.32 Å². The van der Waals surface area contributed by atoms with Gasteiger partial charge in [-0.05, 0) is 37.6 Å². The zero-order chi connectivity index (χ0) is 19.4. The van der Waals surface area contributed by atoms with Crippen LogP contribution in [0, 0.1) is 13.8 Å². The Morgan fingerprint density at radius 1 is 1.00 bits per heavy atom.